The van der Waals surface area contributed by atoms with Crippen molar-refractivity contribution in [1.82, 2.24) is 85.3 Å². The average Bonchev–Trinajstić information content (AvgIpc) is 2.87. The van der Waals surface area contributed by atoms with Crippen molar-refractivity contribution in [2.45, 2.75) is 127 Å². The van der Waals surface area contributed by atoms with Gasteiger partial charge in [-0.25, -0.2) is 29.0 Å². The summed E-state index contributed by atoms with van der Waals surface area (Å²) in [4.78, 5) is 27.7. The van der Waals surface area contributed by atoms with E-state index in [0.29, 0.717) is 46.9 Å². The lowest BCUT2D eigenvalue weighted by Crippen LogP contribution is -2.61. The molecular formula is C62H71N19O2S4. The van der Waals surface area contributed by atoms with E-state index in [4.69, 9.17) is 30.1 Å². The molecule has 21 nitrogen and oxygen atoms in total. The molecule has 0 aliphatic carbocycles. The Morgan fingerprint density at radius 2 is 1.17 bits per heavy atom. The Labute approximate surface area is 519 Å². The van der Waals surface area contributed by atoms with E-state index < -0.39 is 0 Å². The van der Waals surface area contributed by atoms with Gasteiger partial charge >= 0.3 is 0 Å². The first-order valence-electron chi connectivity index (χ1n) is 29.7. The fourth-order valence-corrected chi connectivity index (χ4v) is 17.4. The summed E-state index contributed by atoms with van der Waals surface area (Å²) in [6.45, 7) is 13.4. The van der Waals surface area contributed by atoms with Crippen molar-refractivity contribution in [3.8, 4) is 66.8 Å². The third-order valence-corrected chi connectivity index (χ3v) is 21.7. The highest BCUT2D eigenvalue weighted by atomic mass is 32.1. The lowest BCUT2D eigenvalue weighted by Gasteiger charge is -2.48. The quantitative estimate of drug-likeness (QED) is 0.0673. The highest BCUT2D eigenvalue weighted by molar-refractivity contribution is 7.28. The summed E-state index contributed by atoms with van der Waals surface area (Å²) < 4.78 is 5.51. The van der Waals surface area contributed by atoms with Gasteiger partial charge in [-0.1, -0.05) is 57.5 Å². The molecule has 2 bridgehead atoms. The largest absolute Gasteiger partial charge is 0.507 e. The highest BCUT2D eigenvalue weighted by Gasteiger charge is 2.40. The number of piperidine rings is 3. The Balaban J connectivity index is 0.000000116. The van der Waals surface area contributed by atoms with Crippen LogP contribution in [0.2, 0.25) is 0 Å². The lowest BCUT2D eigenvalue weighted by atomic mass is 9.79. The van der Waals surface area contributed by atoms with E-state index in [2.05, 4.69) is 118 Å². The summed E-state index contributed by atoms with van der Waals surface area (Å²) in [5, 5.41) is 65.1. The van der Waals surface area contributed by atoms with Crippen LogP contribution in [0.15, 0.2) is 91.9 Å². The minimum Gasteiger partial charge on any atom is -0.507 e. The Morgan fingerprint density at radius 1 is 0.609 bits per heavy atom. The normalized spacial score (nSPS) is 19.4. The topological polar surface area (TPSA) is 244 Å². The molecule has 0 spiro atoms. The van der Waals surface area contributed by atoms with Gasteiger partial charge in [-0.05, 0) is 152 Å². The van der Waals surface area contributed by atoms with E-state index >= 15 is 0 Å². The molecule has 4 saturated heterocycles. The van der Waals surface area contributed by atoms with Crippen LogP contribution < -0.4 is 25.8 Å². The molecule has 0 radical (unpaired) electrons. The van der Waals surface area contributed by atoms with Crippen LogP contribution >= 0.6 is 45.3 Å². The van der Waals surface area contributed by atoms with Crippen molar-refractivity contribution in [3.63, 3.8) is 0 Å². The van der Waals surface area contributed by atoms with Gasteiger partial charge in [0.05, 0.1) is 46.7 Å². The van der Waals surface area contributed by atoms with Crippen LogP contribution in [-0.2, 0) is 7.05 Å². The van der Waals surface area contributed by atoms with Crippen LogP contribution in [0.1, 0.15) is 95.6 Å². The van der Waals surface area contributed by atoms with Gasteiger partial charge in [0.2, 0.25) is 20.2 Å². The molecule has 12 aromatic rings. The molecule has 2 atom stereocenters. The first-order valence-corrected chi connectivity index (χ1v) is 33.0. The molecule has 450 valence electrons. The van der Waals surface area contributed by atoms with Gasteiger partial charge in [0, 0.05) is 114 Å². The molecule has 4 aliphatic heterocycles. The van der Waals surface area contributed by atoms with Gasteiger partial charge in [0.1, 0.15) is 16.5 Å². The second-order valence-corrected chi connectivity index (χ2v) is 28.9. The Morgan fingerprint density at radius 3 is 1.70 bits per heavy atom. The number of hydrogen-bond acceptors (Lipinski definition) is 20. The van der Waals surface area contributed by atoms with E-state index in [0.717, 1.165) is 99.8 Å². The molecule has 0 saturated carbocycles. The summed E-state index contributed by atoms with van der Waals surface area (Å²) in [6.07, 6.45) is 22.3. The van der Waals surface area contributed by atoms with Gasteiger partial charge in [0.15, 0.2) is 9.66 Å². The average molecular weight is 1240 g/mol. The third-order valence-electron chi connectivity index (χ3n) is 17.4. The highest BCUT2D eigenvalue weighted by Crippen LogP contribution is 2.42. The lowest BCUT2D eigenvalue weighted by molar-refractivity contribution is 0.161. The Bertz CT molecular complexity index is 4280. The standard InChI is InChI=1S/C23H29N7OS.C21H23N7OS.C18H19N5S2/c1-22(2)9-16(10-23(3,4)28-22)29(5)21-27-30-13-18(26-20(30)32-21)17-7-6-14(8-19(17)31)15-11-24-25-12-15;1-27(16-7-14-3-4-15(8-16)24-14)21-26-28-11-18(25-20(28)30-21)17-5-2-12(6-19(17)29)13-9-22-23-10-13;1-10-7-12(8-13-9-23(2)22-14(10)13)16-21-18-17(25-16)20-15(24-18)11-3-5-19-6-4-11/h6-8,11-13,16,28,31H,9-10H2,1-5H3,(H,24,25);2,5-6,9-11,14-16,24,29H,3-4,7-8H2,1H3,(H,22,23);7-9,11,19H,3-6H2,1-2H3. The first-order chi connectivity index (χ1) is 41.9. The fraction of sp³-hybridized carbons (Fsp3) is 0.403. The number of imidazole rings is 2. The zero-order valence-corrected chi connectivity index (χ0v) is 53.2. The van der Waals surface area contributed by atoms with Crippen LogP contribution in [0.4, 0.5) is 10.3 Å². The van der Waals surface area contributed by atoms with Crippen molar-refractivity contribution in [3.05, 3.63) is 102 Å². The van der Waals surface area contributed by atoms with Crippen molar-refractivity contribution in [2.75, 3.05) is 37.0 Å². The Hall–Kier alpha value is -7.65. The van der Waals surface area contributed by atoms with Crippen LogP contribution in [0, 0.1) is 6.92 Å². The number of hydrogen-bond donors (Lipinski definition) is 7. The molecule has 2 unspecified atom stereocenters. The molecule has 87 heavy (non-hydrogen) atoms. The molecule has 9 aromatic heterocycles. The van der Waals surface area contributed by atoms with Crippen molar-refractivity contribution in [2.24, 2.45) is 7.05 Å². The predicted octanol–water partition coefficient (Wildman–Crippen LogP) is 11.7. The number of nitrogens with one attached hydrogen (secondary N) is 5. The number of H-pyrrole nitrogens is 2. The number of anilines is 2. The maximum absolute atomic E-state index is 10.6. The monoisotopic (exact) mass is 1240 g/mol. The van der Waals surface area contributed by atoms with Crippen LogP contribution in [0.5, 0.6) is 11.5 Å². The number of nitrogens with zero attached hydrogens (tertiary/aromatic N) is 14. The second kappa shape index (κ2) is 22.8. The van der Waals surface area contributed by atoms with Gasteiger partial charge in [-0.3, -0.25) is 14.9 Å². The number of aromatic hydroxyl groups is 2. The van der Waals surface area contributed by atoms with Gasteiger partial charge in [-0.15, -0.1) is 10.2 Å². The maximum Gasteiger partial charge on any atom is 0.214 e. The van der Waals surface area contributed by atoms with E-state index in [9.17, 15) is 10.2 Å². The Kier molecular flexibility index (Phi) is 15.0. The second-order valence-electron chi connectivity index (χ2n) is 25.1. The molecule has 4 aliphatic rings. The number of aromatic nitrogens is 14. The van der Waals surface area contributed by atoms with Crippen molar-refractivity contribution >= 4 is 86.1 Å². The number of fused-ring (bicyclic) bond motifs is 6. The van der Waals surface area contributed by atoms with Gasteiger partial charge in [-0.2, -0.15) is 15.3 Å². The molecule has 16 rings (SSSR count). The molecule has 4 fully saturated rings. The molecule has 0 amide bonds. The van der Waals surface area contributed by atoms with Crippen LogP contribution in [0.3, 0.4) is 0 Å². The van der Waals surface area contributed by atoms with E-state index in [1.165, 1.54) is 54.5 Å². The van der Waals surface area contributed by atoms with Crippen LogP contribution in [-0.4, -0.2) is 142 Å². The number of phenolic OH excluding ortho intramolecular Hbond substituents is 2. The minimum atomic E-state index is 0.0748. The zero-order chi connectivity index (χ0) is 59.9. The summed E-state index contributed by atoms with van der Waals surface area (Å²) >= 11 is 6.65. The molecule has 3 aromatic carbocycles. The minimum absolute atomic E-state index is 0.0748. The number of aromatic amines is 2. The third kappa shape index (κ3) is 11.7. The zero-order valence-electron chi connectivity index (χ0n) is 49.9. The fourth-order valence-electron chi connectivity index (χ4n) is 13.4. The van der Waals surface area contributed by atoms with E-state index in [1.54, 1.807) is 82.3 Å². The predicted molar refractivity (Wildman–Crippen MR) is 350 cm³/mol. The maximum atomic E-state index is 10.6. The first kappa shape index (κ1) is 57.1. The molecule has 7 N–H and O–H groups in total. The summed E-state index contributed by atoms with van der Waals surface area (Å²) in [7, 11) is 6.24. The number of thiazole rings is 2. The smallest absolute Gasteiger partial charge is 0.214 e. The van der Waals surface area contributed by atoms with Crippen molar-refractivity contribution in [1.29, 1.82) is 0 Å². The number of rotatable bonds is 10. The summed E-state index contributed by atoms with van der Waals surface area (Å²) in [5.41, 5.74) is 10.0. The molecule has 25 heteroatoms. The SMILES string of the molecule is CN(c1nn2cc(-c3ccc(-c4cn[nH]c4)cc3O)nc2s1)C1CC(C)(C)NC(C)(C)C1.CN(c1nn2cc(-c3ccc(-c4cn[nH]c4)cc3O)nc2s1)C1CC2CCC(C1)N2.Cc1cc(-c2nc3sc(C4CCNCC4)nc3s2)cc2cn(C)nc12. The number of aryl methyl sites for hydroxylation is 2. The summed E-state index contributed by atoms with van der Waals surface area (Å²) in [6, 6.07) is 17.8. The number of benzene rings is 3. The van der Waals surface area contributed by atoms with Gasteiger partial charge < -0.3 is 36.0 Å². The molecular weight excluding hydrogens is 1170 g/mol. The molecule has 13 heterocycles. The van der Waals surface area contributed by atoms with Crippen LogP contribution in [0.25, 0.3) is 85.8 Å². The summed E-state index contributed by atoms with van der Waals surface area (Å²) in [5.74, 6) is 0.984. The van der Waals surface area contributed by atoms with E-state index in [1.807, 2.05) is 57.4 Å². The van der Waals surface area contributed by atoms with E-state index in [-0.39, 0.29) is 22.6 Å². The van der Waals surface area contributed by atoms with Crippen molar-refractivity contribution < 1.29 is 10.2 Å². The van der Waals surface area contributed by atoms with Gasteiger partial charge in [0.25, 0.3) is 0 Å². The number of phenols is 2.